The first kappa shape index (κ1) is 18.0. The number of nitrogens with one attached hydrogen (secondary N) is 1. The zero-order valence-electron chi connectivity index (χ0n) is 16.1. The minimum absolute atomic E-state index is 0.0461. The number of hydrogen-bond donors (Lipinski definition) is 2. The maximum atomic E-state index is 10.9. The van der Waals surface area contributed by atoms with Gasteiger partial charge in [-0.05, 0) is 45.1 Å². The van der Waals surface area contributed by atoms with Gasteiger partial charge in [0, 0.05) is 13.2 Å². The molecule has 0 saturated heterocycles. The molecule has 6 heteroatoms. The summed E-state index contributed by atoms with van der Waals surface area (Å²) in [6, 6.07) is 4.24. The zero-order chi connectivity index (χ0) is 18.6. The molecule has 1 aromatic rings. The highest BCUT2D eigenvalue weighted by atomic mass is 32.2. The fourth-order valence-electron chi connectivity index (χ4n) is 3.24. The highest BCUT2D eigenvalue weighted by molar-refractivity contribution is 8.16. The Morgan fingerprint density at radius 1 is 1.08 bits per heavy atom. The predicted octanol–water partition coefficient (Wildman–Crippen LogP) is 4.23. The number of fused-ring (bicyclic) bond motifs is 1. The molecule has 0 fully saturated rings. The van der Waals surface area contributed by atoms with Crippen molar-refractivity contribution in [2.24, 2.45) is 5.10 Å². The fourth-order valence-corrected chi connectivity index (χ4v) is 3.93. The standard InChI is InChI=1S/C19H28N4OS/c1-18(2,3)13-10-12(11-14(15(13)24)19(4,5)6)16-22(7)21-17-23(16)20-8-9-25-17/h8-11,16,20,24H,1-7H3. The van der Waals surface area contributed by atoms with Crippen LogP contribution in [0.3, 0.4) is 0 Å². The van der Waals surface area contributed by atoms with E-state index < -0.39 is 0 Å². The van der Waals surface area contributed by atoms with E-state index in [9.17, 15) is 5.11 Å². The Labute approximate surface area is 154 Å². The van der Waals surface area contributed by atoms with Crippen LogP contribution in [0.25, 0.3) is 0 Å². The first-order valence-electron chi connectivity index (χ1n) is 8.56. The maximum Gasteiger partial charge on any atom is 0.208 e. The van der Waals surface area contributed by atoms with E-state index in [-0.39, 0.29) is 17.0 Å². The molecule has 1 atom stereocenters. The summed E-state index contributed by atoms with van der Waals surface area (Å²) in [5.74, 6) is 0.409. The number of amidine groups is 1. The molecule has 0 spiro atoms. The van der Waals surface area contributed by atoms with Crippen LogP contribution in [-0.4, -0.2) is 27.3 Å². The molecule has 0 aliphatic carbocycles. The van der Waals surface area contributed by atoms with Crippen molar-refractivity contribution in [2.75, 3.05) is 7.05 Å². The number of benzene rings is 1. The van der Waals surface area contributed by atoms with Gasteiger partial charge in [0.1, 0.15) is 5.75 Å². The third-order valence-electron chi connectivity index (χ3n) is 4.55. The van der Waals surface area contributed by atoms with Gasteiger partial charge < -0.3 is 10.5 Å². The number of phenols is 1. The molecular formula is C19H28N4OS. The van der Waals surface area contributed by atoms with E-state index >= 15 is 0 Å². The van der Waals surface area contributed by atoms with Crippen LogP contribution in [0.5, 0.6) is 5.75 Å². The van der Waals surface area contributed by atoms with Crippen LogP contribution in [0.1, 0.15) is 64.4 Å². The molecule has 0 bridgehead atoms. The lowest BCUT2D eigenvalue weighted by Gasteiger charge is -2.34. The van der Waals surface area contributed by atoms with E-state index in [0.29, 0.717) is 5.75 Å². The number of aromatic hydroxyl groups is 1. The summed E-state index contributed by atoms with van der Waals surface area (Å²) in [5, 5.41) is 22.5. The van der Waals surface area contributed by atoms with Gasteiger partial charge in [-0.3, -0.25) is 5.01 Å². The number of nitrogens with zero attached hydrogens (tertiary/aromatic N) is 3. The molecule has 2 aliphatic rings. The second-order valence-electron chi connectivity index (χ2n) is 8.71. The van der Waals surface area contributed by atoms with Gasteiger partial charge in [-0.25, -0.2) is 5.01 Å². The van der Waals surface area contributed by atoms with Crippen molar-refractivity contribution < 1.29 is 5.11 Å². The number of hydrazine groups is 1. The Bertz CT molecular complexity index is 708. The minimum atomic E-state index is -0.148. The van der Waals surface area contributed by atoms with Crippen molar-refractivity contribution in [1.29, 1.82) is 0 Å². The SMILES string of the molecule is CN1N=C2SC=CNN2C1c1cc(C(C)(C)C)c(O)c(C(C)(C)C)c1. The Kier molecular flexibility index (Phi) is 4.22. The van der Waals surface area contributed by atoms with Crippen LogP contribution in [0.4, 0.5) is 0 Å². The summed E-state index contributed by atoms with van der Waals surface area (Å²) in [7, 11) is 1.98. The van der Waals surface area contributed by atoms with E-state index in [2.05, 4.69) is 69.2 Å². The minimum Gasteiger partial charge on any atom is -0.507 e. The lowest BCUT2D eigenvalue weighted by atomic mass is 9.78. The molecule has 1 unspecified atom stereocenters. The monoisotopic (exact) mass is 360 g/mol. The van der Waals surface area contributed by atoms with Crippen LogP contribution in [0.2, 0.25) is 0 Å². The average molecular weight is 361 g/mol. The number of hydrogen-bond acceptors (Lipinski definition) is 6. The van der Waals surface area contributed by atoms with Gasteiger partial charge in [-0.1, -0.05) is 53.3 Å². The van der Waals surface area contributed by atoms with Gasteiger partial charge in [0.05, 0.1) is 0 Å². The normalized spacial score (nSPS) is 20.4. The molecule has 2 N–H and O–H groups in total. The highest BCUT2D eigenvalue weighted by Gasteiger charge is 2.37. The summed E-state index contributed by atoms with van der Waals surface area (Å²) in [6.07, 6.45) is 1.88. The summed E-state index contributed by atoms with van der Waals surface area (Å²) >= 11 is 1.60. The van der Waals surface area contributed by atoms with Crippen LogP contribution in [0, 0.1) is 0 Å². The van der Waals surface area contributed by atoms with Gasteiger partial charge >= 0.3 is 0 Å². The summed E-state index contributed by atoms with van der Waals surface area (Å²) < 4.78 is 0. The molecule has 2 heterocycles. The number of hydrazone groups is 1. The first-order valence-corrected chi connectivity index (χ1v) is 9.44. The van der Waals surface area contributed by atoms with E-state index in [1.807, 2.05) is 23.7 Å². The van der Waals surface area contributed by atoms with Crippen molar-refractivity contribution in [1.82, 2.24) is 15.4 Å². The third-order valence-corrected chi connectivity index (χ3v) is 5.31. The molecule has 0 amide bonds. The lowest BCUT2D eigenvalue weighted by Crippen LogP contribution is -2.42. The fraction of sp³-hybridized carbons (Fsp3) is 0.526. The molecule has 1 aromatic carbocycles. The van der Waals surface area contributed by atoms with Crippen LogP contribution in [0.15, 0.2) is 28.8 Å². The van der Waals surface area contributed by atoms with Crippen molar-refractivity contribution >= 4 is 16.9 Å². The number of thioether (sulfide) groups is 1. The summed E-state index contributed by atoms with van der Waals surface area (Å²) in [6.45, 7) is 12.8. The van der Waals surface area contributed by atoms with Crippen molar-refractivity contribution in [2.45, 2.75) is 58.5 Å². The van der Waals surface area contributed by atoms with E-state index in [0.717, 1.165) is 21.9 Å². The van der Waals surface area contributed by atoms with Gasteiger partial charge in [0.25, 0.3) is 0 Å². The molecule has 0 saturated carbocycles. The van der Waals surface area contributed by atoms with E-state index in [4.69, 9.17) is 0 Å². The van der Waals surface area contributed by atoms with Gasteiger partial charge in [0.15, 0.2) is 6.17 Å². The van der Waals surface area contributed by atoms with Crippen molar-refractivity contribution in [3.8, 4) is 5.75 Å². The topological polar surface area (TPSA) is 51.1 Å². The molecule has 0 aromatic heterocycles. The summed E-state index contributed by atoms with van der Waals surface area (Å²) in [5.41, 5.74) is 6.05. The van der Waals surface area contributed by atoms with Gasteiger partial charge in [-0.15, -0.1) is 5.10 Å². The third kappa shape index (κ3) is 3.19. The first-order chi connectivity index (χ1) is 11.5. The molecular weight excluding hydrogens is 332 g/mol. The summed E-state index contributed by atoms with van der Waals surface area (Å²) in [4.78, 5) is 0. The Morgan fingerprint density at radius 2 is 1.64 bits per heavy atom. The van der Waals surface area contributed by atoms with Crippen LogP contribution >= 0.6 is 11.8 Å². The largest absolute Gasteiger partial charge is 0.507 e. The van der Waals surface area contributed by atoms with E-state index in [1.54, 1.807) is 11.8 Å². The van der Waals surface area contributed by atoms with Crippen molar-refractivity contribution in [3.63, 3.8) is 0 Å². The van der Waals surface area contributed by atoms with Gasteiger partial charge in [-0.2, -0.15) is 0 Å². The Morgan fingerprint density at radius 3 is 2.16 bits per heavy atom. The smallest absolute Gasteiger partial charge is 0.208 e. The quantitative estimate of drug-likeness (QED) is 0.785. The lowest BCUT2D eigenvalue weighted by molar-refractivity contribution is 0.136. The van der Waals surface area contributed by atoms with Crippen molar-refractivity contribution in [3.05, 3.63) is 40.4 Å². The molecule has 0 radical (unpaired) electrons. The number of phenolic OH excluding ortho intramolecular Hbond substituents is 1. The van der Waals surface area contributed by atoms with Crippen LogP contribution in [-0.2, 0) is 10.8 Å². The predicted molar refractivity (Wildman–Crippen MR) is 105 cm³/mol. The molecule has 2 aliphatic heterocycles. The second-order valence-corrected chi connectivity index (χ2v) is 9.59. The maximum absolute atomic E-state index is 10.9. The van der Waals surface area contributed by atoms with E-state index in [1.165, 1.54) is 0 Å². The molecule has 5 nitrogen and oxygen atoms in total. The second kappa shape index (κ2) is 5.87. The van der Waals surface area contributed by atoms with Crippen LogP contribution < -0.4 is 5.43 Å². The average Bonchev–Trinajstić information content (AvgIpc) is 2.81. The molecule has 3 rings (SSSR count). The Balaban J connectivity index is 2.15. The molecule has 25 heavy (non-hydrogen) atoms. The molecule has 136 valence electrons. The zero-order valence-corrected chi connectivity index (χ0v) is 16.9. The Hall–Kier alpha value is -1.82. The highest BCUT2D eigenvalue weighted by Crippen LogP contribution is 2.43. The van der Waals surface area contributed by atoms with Gasteiger partial charge in [0.2, 0.25) is 5.17 Å². The number of rotatable bonds is 1.